The topological polar surface area (TPSA) is 65.2 Å². The van der Waals surface area contributed by atoms with E-state index in [1.807, 2.05) is 12.3 Å². The molecule has 2 aromatic rings. The highest BCUT2D eigenvalue weighted by Crippen LogP contribution is 2.26. The number of hydrogen-bond donors (Lipinski definition) is 1. The van der Waals surface area contributed by atoms with Crippen LogP contribution < -0.4 is 10.5 Å². The van der Waals surface area contributed by atoms with E-state index in [0.717, 1.165) is 10.7 Å². The van der Waals surface area contributed by atoms with E-state index in [1.165, 1.54) is 11.3 Å². The van der Waals surface area contributed by atoms with Crippen LogP contribution in [-0.4, -0.2) is 16.3 Å². The van der Waals surface area contributed by atoms with Crippen LogP contribution in [0.5, 0.6) is 5.75 Å². The number of anilines is 1. The highest BCUT2D eigenvalue weighted by Gasteiger charge is 2.13. The summed E-state index contributed by atoms with van der Waals surface area (Å²) in [6, 6.07) is 5.15. The molecule has 0 saturated carbocycles. The summed E-state index contributed by atoms with van der Waals surface area (Å²) in [5.41, 5.74) is 7.22. The van der Waals surface area contributed by atoms with Crippen LogP contribution in [0.1, 0.15) is 10.7 Å². The van der Waals surface area contributed by atoms with Crippen molar-refractivity contribution < 1.29 is 8.95 Å². The Morgan fingerprint density at radius 2 is 2.28 bits per heavy atom. The minimum Gasteiger partial charge on any atom is -0.495 e. The molecule has 18 heavy (non-hydrogen) atoms. The lowest BCUT2D eigenvalue weighted by atomic mass is 10.3. The minimum atomic E-state index is -1.17. The van der Waals surface area contributed by atoms with Crippen molar-refractivity contribution in [2.45, 2.75) is 17.6 Å². The number of hydrogen-bond acceptors (Lipinski definition) is 5. The van der Waals surface area contributed by atoms with E-state index < -0.39 is 10.8 Å². The maximum atomic E-state index is 12.3. The molecule has 0 spiro atoms. The van der Waals surface area contributed by atoms with Gasteiger partial charge in [-0.2, -0.15) is 0 Å². The summed E-state index contributed by atoms with van der Waals surface area (Å²) in [4.78, 5) is 4.96. The average molecular weight is 282 g/mol. The molecule has 1 atom stereocenters. The Kier molecular flexibility index (Phi) is 3.98. The van der Waals surface area contributed by atoms with Crippen molar-refractivity contribution in [3.05, 3.63) is 34.3 Å². The van der Waals surface area contributed by atoms with Gasteiger partial charge in [-0.1, -0.05) is 0 Å². The van der Waals surface area contributed by atoms with E-state index >= 15 is 0 Å². The SMILES string of the molecule is COc1cc(N)ccc1S(=O)Cc1nc(C)cs1. The normalized spacial score (nSPS) is 12.3. The molecule has 0 amide bonds. The molecule has 1 unspecified atom stereocenters. The van der Waals surface area contributed by atoms with Crippen LogP contribution in [0.25, 0.3) is 0 Å². The third kappa shape index (κ3) is 2.88. The fourth-order valence-corrected chi connectivity index (χ4v) is 3.71. The van der Waals surface area contributed by atoms with Crippen molar-refractivity contribution in [1.29, 1.82) is 0 Å². The van der Waals surface area contributed by atoms with Crippen LogP contribution in [-0.2, 0) is 16.6 Å². The zero-order valence-electron chi connectivity index (χ0n) is 10.2. The smallest absolute Gasteiger partial charge is 0.137 e. The summed E-state index contributed by atoms with van der Waals surface area (Å²) in [6.45, 7) is 1.92. The molecule has 6 heteroatoms. The van der Waals surface area contributed by atoms with E-state index in [2.05, 4.69) is 4.98 Å². The van der Waals surface area contributed by atoms with E-state index in [0.29, 0.717) is 22.1 Å². The molecule has 96 valence electrons. The average Bonchev–Trinajstić information content (AvgIpc) is 2.74. The van der Waals surface area contributed by atoms with Gasteiger partial charge in [-0.25, -0.2) is 4.98 Å². The number of ether oxygens (including phenoxy) is 1. The van der Waals surface area contributed by atoms with Crippen LogP contribution in [0.15, 0.2) is 28.5 Å². The van der Waals surface area contributed by atoms with Gasteiger partial charge in [0.05, 0.1) is 28.6 Å². The zero-order chi connectivity index (χ0) is 13.1. The van der Waals surface area contributed by atoms with Gasteiger partial charge in [0.25, 0.3) is 0 Å². The molecule has 1 heterocycles. The molecule has 0 saturated heterocycles. The van der Waals surface area contributed by atoms with Crippen molar-refractivity contribution in [2.24, 2.45) is 0 Å². The number of nitrogen functional groups attached to an aromatic ring is 1. The largest absolute Gasteiger partial charge is 0.495 e. The molecule has 4 nitrogen and oxygen atoms in total. The molecule has 0 aliphatic rings. The Balaban J connectivity index is 2.23. The van der Waals surface area contributed by atoms with Crippen molar-refractivity contribution >= 4 is 27.8 Å². The predicted molar refractivity (Wildman–Crippen MR) is 74.4 cm³/mol. The third-order valence-electron chi connectivity index (χ3n) is 2.35. The van der Waals surface area contributed by atoms with Crippen molar-refractivity contribution in [1.82, 2.24) is 4.98 Å². The number of aryl methyl sites for hydroxylation is 1. The summed E-state index contributed by atoms with van der Waals surface area (Å²) < 4.78 is 17.5. The van der Waals surface area contributed by atoms with Crippen LogP contribution >= 0.6 is 11.3 Å². The lowest BCUT2D eigenvalue weighted by Crippen LogP contribution is -2.00. The first-order chi connectivity index (χ1) is 8.60. The van der Waals surface area contributed by atoms with Crippen LogP contribution in [0, 0.1) is 6.92 Å². The highest BCUT2D eigenvalue weighted by molar-refractivity contribution is 7.84. The molecule has 0 aliphatic heterocycles. The molecule has 0 aliphatic carbocycles. The molecular formula is C12H14N2O2S2. The zero-order valence-corrected chi connectivity index (χ0v) is 11.8. The standard InChI is InChI=1S/C12H14N2O2S2/c1-8-6-17-12(14-8)7-18(15)11-4-3-9(13)5-10(11)16-2/h3-6H,7,13H2,1-2H3. The number of nitrogens with two attached hydrogens (primary N) is 1. The first-order valence-electron chi connectivity index (χ1n) is 5.33. The highest BCUT2D eigenvalue weighted by atomic mass is 32.2. The van der Waals surface area contributed by atoms with Gasteiger partial charge >= 0.3 is 0 Å². The summed E-state index contributed by atoms with van der Waals surface area (Å²) >= 11 is 1.52. The van der Waals surface area contributed by atoms with Gasteiger partial charge in [-0.05, 0) is 19.1 Å². The second kappa shape index (κ2) is 5.49. The van der Waals surface area contributed by atoms with Crippen molar-refractivity contribution in [3.63, 3.8) is 0 Å². The molecule has 0 fully saturated rings. The second-order valence-electron chi connectivity index (χ2n) is 3.78. The van der Waals surface area contributed by atoms with Gasteiger partial charge in [0.1, 0.15) is 10.8 Å². The summed E-state index contributed by atoms with van der Waals surface area (Å²) in [5.74, 6) is 0.959. The fourth-order valence-electron chi connectivity index (χ4n) is 1.53. The second-order valence-corrected chi connectivity index (χ2v) is 6.14. The number of thiazole rings is 1. The molecule has 0 radical (unpaired) electrons. The monoisotopic (exact) mass is 282 g/mol. The quantitative estimate of drug-likeness (QED) is 0.874. The Morgan fingerprint density at radius 3 is 2.89 bits per heavy atom. The minimum absolute atomic E-state index is 0.402. The van der Waals surface area contributed by atoms with Crippen molar-refractivity contribution in [2.75, 3.05) is 12.8 Å². The Bertz CT molecular complexity index is 581. The number of methoxy groups -OCH3 is 1. The predicted octanol–water partition coefficient (Wildman–Crippen LogP) is 2.35. The summed E-state index contributed by atoms with van der Waals surface area (Å²) in [7, 11) is 0.371. The lowest BCUT2D eigenvalue weighted by molar-refractivity contribution is 0.404. The van der Waals surface area contributed by atoms with Crippen molar-refractivity contribution in [3.8, 4) is 5.75 Å². The first kappa shape index (κ1) is 13.0. The van der Waals surface area contributed by atoms with E-state index in [4.69, 9.17) is 10.5 Å². The number of aromatic nitrogens is 1. The van der Waals surface area contributed by atoms with Gasteiger partial charge in [0.15, 0.2) is 0 Å². The summed E-state index contributed by atoms with van der Waals surface area (Å²) in [6.07, 6.45) is 0. The number of rotatable bonds is 4. The number of nitrogens with zero attached hydrogens (tertiary/aromatic N) is 1. The third-order valence-corrected chi connectivity index (χ3v) is 4.87. The molecule has 2 rings (SSSR count). The number of benzene rings is 1. The van der Waals surface area contributed by atoms with Gasteiger partial charge in [0, 0.05) is 22.8 Å². The summed E-state index contributed by atoms with van der Waals surface area (Å²) in [5, 5.41) is 2.82. The van der Waals surface area contributed by atoms with Crippen LogP contribution in [0.2, 0.25) is 0 Å². The molecule has 0 bridgehead atoms. The Morgan fingerprint density at radius 1 is 1.50 bits per heavy atom. The molecule has 1 aromatic heterocycles. The molecular weight excluding hydrogens is 268 g/mol. The Labute approximate surface area is 112 Å². The van der Waals surface area contributed by atoms with Gasteiger partial charge < -0.3 is 10.5 Å². The van der Waals surface area contributed by atoms with Gasteiger partial charge in [0.2, 0.25) is 0 Å². The maximum absolute atomic E-state index is 12.3. The maximum Gasteiger partial charge on any atom is 0.137 e. The first-order valence-corrected chi connectivity index (χ1v) is 7.53. The van der Waals surface area contributed by atoms with Gasteiger partial charge in [-0.3, -0.25) is 4.21 Å². The van der Waals surface area contributed by atoms with E-state index in [1.54, 1.807) is 25.3 Å². The van der Waals surface area contributed by atoms with Crippen LogP contribution in [0.3, 0.4) is 0 Å². The van der Waals surface area contributed by atoms with E-state index in [-0.39, 0.29) is 0 Å². The van der Waals surface area contributed by atoms with E-state index in [9.17, 15) is 4.21 Å². The van der Waals surface area contributed by atoms with Crippen LogP contribution in [0.4, 0.5) is 5.69 Å². The molecule has 2 N–H and O–H groups in total. The fraction of sp³-hybridized carbons (Fsp3) is 0.250. The molecule has 1 aromatic carbocycles. The lowest BCUT2D eigenvalue weighted by Gasteiger charge is -2.08. The van der Waals surface area contributed by atoms with Gasteiger partial charge in [-0.15, -0.1) is 11.3 Å². The Hall–Kier alpha value is -1.40.